The first-order chi connectivity index (χ1) is 20.1. The molecule has 2 N–H and O–H groups in total. The van der Waals surface area contributed by atoms with E-state index in [1.807, 2.05) is 37.3 Å². The van der Waals surface area contributed by atoms with Crippen LogP contribution >= 0.6 is 0 Å². The number of carbonyl (C=O) groups excluding carboxylic acids is 1. The summed E-state index contributed by atoms with van der Waals surface area (Å²) in [6.07, 6.45) is 0.413. The summed E-state index contributed by atoms with van der Waals surface area (Å²) < 4.78 is 43.8. The second kappa shape index (κ2) is 11.5. The lowest BCUT2D eigenvalue weighted by Gasteiger charge is -2.19. The van der Waals surface area contributed by atoms with E-state index in [0.29, 0.717) is 45.9 Å². The maximum Gasteiger partial charge on any atom is 0.267 e. The van der Waals surface area contributed by atoms with Crippen molar-refractivity contribution in [1.29, 1.82) is 0 Å². The molecule has 0 fully saturated rings. The summed E-state index contributed by atoms with van der Waals surface area (Å²) >= 11 is 0. The number of benzene rings is 3. The minimum Gasteiger partial charge on any atom is -0.325 e. The number of nitrogens with zero attached hydrogens (tertiary/aromatic N) is 3. The highest BCUT2D eigenvalue weighted by molar-refractivity contribution is 7.95. The maximum atomic E-state index is 14.3. The summed E-state index contributed by atoms with van der Waals surface area (Å²) in [6, 6.07) is 21.2. The van der Waals surface area contributed by atoms with E-state index < -0.39 is 21.7 Å². The summed E-state index contributed by atoms with van der Waals surface area (Å²) in [5.74, 6) is -0.603. The third-order valence-corrected chi connectivity index (χ3v) is 7.73. The van der Waals surface area contributed by atoms with Crippen LogP contribution in [0.5, 0.6) is 0 Å². The van der Waals surface area contributed by atoms with Gasteiger partial charge in [0.1, 0.15) is 12.4 Å². The van der Waals surface area contributed by atoms with Crippen molar-refractivity contribution in [1.82, 2.24) is 14.0 Å². The molecule has 2 heterocycles. The van der Waals surface area contributed by atoms with Crippen LogP contribution in [0.15, 0.2) is 95.6 Å². The molecule has 0 saturated heterocycles. The van der Waals surface area contributed by atoms with Gasteiger partial charge in [-0.3, -0.25) is 14.3 Å². The minimum absolute atomic E-state index is 0.190. The van der Waals surface area contributed by atoms with Gasteiger partial charge < -0.3 is 9.88 Å². The first kappa shape index (κ1) is 28.5. The highest BCUT2D eigenvalue weighted by atomic mass is 32.2. The highest BCUT2D eigenvalue weighted by Gasteiger charge is 2.25. The predicted molar refractivity (Wildman–Crippen MR) is 162 cm³/mol. The van der Waals surface area contributed by atoms with Gasteiger partial charge in [0.2, 0.25) is 11.7 Å². The number of carbonyl (C=O) groups is 1. The smallest absolute Gasteiger partial charge is 0.267 e. The molecule has 0 radical (unpaired) electrons. The molecule has 0 aliphatic heterocycles. The van der Waals surface area contributed by atoms with Crippen molar-refractivity contribution < 1.29 is 17.6 Å². The second-order valence-electron chi connectivity index (χ2n) is 9.53. The van der Waals surface area contributed by atoms with Gasteiger partial charge in [0.25, 0.3) is 15.6 Å². The summed E-state index contributed by atoms with van der Waals surface area (Å²) in [6.45, 7) is 6.78. The highest BCUT2D eigenvalue weighted by Crippen LogP contribution is 2.33. The Morgan fingerprint density at radius 2 is 1.69 bits per heavy atom. The van der Waals surface area contributed by atoms with E-state index in [1.54, 1.807) is 35.8 Å². The van der Waals surface area contributed by atoms with Crippen LogP contribution in [-0.4, -0.2) is 28.3 Å². The molecule has 214 valence electrons. The van der Waals surface area contributed by atoms with Crippen LogP contribution in [0, 0.1) is 12.7 Å². The van der Waals surface area contributed by atoms with Gasteiger partial charge in [-0.15, -0.1) is 0 Å². The van der Waals surface area contributed by atoms with E-state index in [2.05, 4.69) is 16.6 Å². The van der Waals surface area contributed by atoms with Gasteiger partial charge in [-0.2, -0.15) is 0 Å². The number of rotatable bonds is 9. The second-order valence-corrected chi connectivity index (χ2v) is 11.2. The van der Waals surface area contributed by atoms with Crippen molar-refractivity contribution >= 4 is 33.1 Å². The van der Waals surface area contributed by atoms with Crippen molar-refractivity contribution in [3.05, 3.63) is 118 Å². The lowest BCUT2D eigenvalue weighted by Crippen LogP contribution is -2.28. The van der Waals surface area contributed by atoms with Crippen molar-refractivity contribution in [3.63, 3.8) is 0 Å². The monoisotopic (exact) mass is 585 g/mol. The number of anilines is 2. The first-order valence-electron chi connectivity index (χ1n) is 13.1. The Morgan fingerprint density at radius 3 is 2.36 bits per heavy atom. The fourth-order valence-corrected chi connectivity index (χ4v) is 5.54. The molecule has 9 nitrogen and oxygen atoms in total. The fourth-order valence-electron chi connectivity index (χ4n) is 4.97. The SMILES string of the molecule is C=CS(=O)(=O)Nc1ccccc1-c1c(C)nc2n(CC(=O)Nc3ccc(F)cc3)c(CC)c(-c3ccccc3)c(=O)n12. The summed E-state index contributed by atoms with van der Waals surface area (Å²) in [5, 5.41) is 3.58. The number of aromatic nitrogens is 3. The Morgan fingerprint density at radius 1 is 1.02 bits per heavy atom. The van der Waals surface area contributed by atoms with E-state index in [9.17, 15) is 22.4 Å². The van der Waals surface area contributed by atoms with Gasteiger partial charge in [-0.25, -0.2) is 22.2 Å². The molecule has 2 aromatic heterocycles. The van der Waals surface area contributed by atoms with Gasteiger partial charge in [0.05, 0.1) is 22.6 Å². The normalized spacial score (nSPS) is 11.4. The summed E-state index contributed by atoms with van der Waals surface area (Å²) in [7, 11) is -3.86. The average Bonchev–Trinajstić information content (AvgIpc) is 3.33. The molecule has 0 unspecified atom stereocenters. The molecule has 42 heavy (non-hydrogen) atoms. The van der Waals surface area contributed by atoms with Gasteiger partial charge in [0, 0.05) is 22.4 Å². The third-order valence-electron chi connectivity index (χ3n) is 6.79. The molecule has 0 bridgehead atoms. The number of hydrogen-bond donors (Lipinski definition) is 2. The van der Waals surface area contributed by atoms with Gasteiger partial charge in [0.15, 0.2) is 0 Å². The number of fused-ring (bicyclic) bond motifs is 1. The van der Waals surface area contributed by atoms with E-state index in [-0.39, 0.29) is 23.6 Å². The van der Waals surface area contributed by atoms with Crippen LogP contribution in [0.1, 0.15) is 18.3 Å². The molecule has 11 heteroatoms. The fraction of sp³-hybridized carbons (Fsp3) is 0.129. The van der Waals surface area contributed by atoms with Crippen LogP contribution < -0.4 is 15.6 Å². The van der Waals surface area contributed by atoms with Crippen molar-refractivity contribution in [2.45, 2.75) is 26.8 Å². The van der Waals surface area contributed by atoms with Crippen LogP contribution in [0.25, 0.3) is 28.2 Å². The Hall–Kier alpha value is -5.03. The lowest BCUT2D eigenvalue weighted by molar-refractivity contribution is -0.116. The molecule has 0 atom stereocenters. The topological polar surface area (TPSA) is 115 Å². The molecule has 0 saturated carbocycles. The third kappa shape index (κ3) is 5.46. The number of amides is 1. The molecule has 5 aromatic rings. The zero-order valence-corrected chi connectivity index (χ0v) is 23.8. The summed E-state index contributed by atoms with van der Waals surface area (Å²) in [4.78, 5) is 32.4. The molecular formula is C31H28FN5O4S. The minimum atomic E-state index is -3.86. The van der Waals surface area contributed by atoms with E-state index >= 15 is 0 Å². The quantitative estimate of drug-likeness (QED) is 0.242. The molecule has 0 spiro atoms. The Balaban J connectivity index is 1.78. The molecule has 3 aromatic carbocycles. The van der Waals surface area contributed by atoms with Crippen molar-refractivity contribution in [2.75, 3.05) is 10.0 Å². The zero-order valence-electron chi connectivity index (χ0n) is 23.0. The van der Waals surface area contributed by atoms with E-state index in [0.717, 1.165) is 5.41 Å². The Bertz CT molecular complexity index is 1980. The number of para-hydroxylation sites is 1. The standard InChI is InChI=1S/C31H28FN5O4S/c1-4-26-28(21-11-7-6-8-12-21)30(39)37-29(24-13-9-10-14-25(24)35-42(40,41)5-2)20(3)33-31(37)36(26)19-27(38)34-23-17-15-22(32)16-18-23/h5-18,35H,2,4,19H2,1,3H3,(H,34,38). The van der Waals surface area contributed by atoms with Crippen LogP contribution in [0.4, 0.5) is 15.8 Å². The molecule has 5 rings (SSSR count). The van der Waals surface area contributed by atoms with Gasteiger partial charge in [-0.05, 0) is 49.2 Å². The predicted octanol–water partition coefficient (Wildman–Crippen LogP) is 5.36. The number of halogens is 1. The van der Waals surface area contributed by atoms with Crippen LogP contribution in [-0.2, 0) is 27.8 Å². The van der Waals surface area contributed by atoms with E-state index in [4.69, 9.17) is 4.98 Å². The first-order valence-corrected chi connectivity index (χ1v) is 14.7. The van der Waals surface area contributed by atoms with Crippen LogP contribution in [0.2, 0.25) is 0 Å². The average molecular weight is 586 g/mol. The Kier molecular flexibility index (Phi) is 7.77. The molecule has 0 aliphatic carbocycles. The van der Waals surface area contributed by atoms with Crippen molar-refractivity contribution in [2.24, 2.45) is 0 Å². The number of imidazole rings is 1. The van der Waals surface area contributed by atoms with Gasteiger partial charge >= 0.3 is 0 Å². The number of nitrogens with one attached hydrogen (secondary N) is 2. The largest absolute Gasteiger partial charge is 0.325 e. The molecular weight excluding hydrogens is 557 g/mol. The lowest BCUT2D eigenvalue weighted by atomic mass is 10.0. The number of sulfonamides is 1. The Labute approximate surface area is 242 Å². The maximum absolute atomic E-state index is 14.3. The van der Waals surface area contributed by atoms with Gasteiger partial charge in [-0.1, -0.05) is 62.0 Å². The molecule has 1 amide bonds. The summed E-state index contributed by atoms with van der Waals surface area (Å²) in [5.41, 5.74) is 3.21. The van der Waals surface area contributed by atoms with Crippen molar-refractivity contribution in [3.8, 4) is 22.4 Å². The zero-order chi connectivity index (χ0) is 30.0. The number of aryl methyl sites for hydroxylation is 1. The number of hydrogen-bond acceptors (Lipinski definition) is 5. The molecule has 0 aliphatic rings. The van der Waals surface area contributed by atoms with Crippen LogP contribution in [0.3, 0.4) is 0 Å². The van der Waals surface area contributed by atoms with E-state index in [1.165, 1.54) is 28.7 Å².